The van der Waals surface area contributed by atoms with E-state index in [4.69, 9.17) is 14.2 Å². The summed E-state index contributed by atoms with van der Waals surface area (Å²) in [7, 11) is 4.74. The Labute approximate surface area is 148 Å². The minimum Gasteiger partial charge on any atom is -0.495 e. The molecule has 134 valence electrons. The highest BCUT2D eigenvalue weighted by molar-refractivity contribution is 5.97. The summed E-state index contributed by atoms with van der Waals surface area (Å²) in [6.07, 6.45) is 0. The molecule has 0 aromatic heterocycles. The Bertz CT molecular complexity index is 746. The van der Waals surface area contributed by atoms with Crippen LogP contribution in [0.15, 0.2) is 36.4 Å². The van der Waals surface area contributed by atoms with Crippen LogP contribution in [-0.4, -0.2) is 33.3 Å². The van der Waals surface area contributed by atoms with Gasteiger partial charge < -0.3 is 24.8 Å². The molecule has 2 rings (SSSR count). The fourth-order valence-electron chi connectivity index (χ4n) is 2.42. The van der Waals surface area contributed by atoms with E-state index in [9.17, 15) is 4.79 Å². The first-order chi connectivity index (χ1) is 12.0. The number of nitrogens with one attached hydrogen (secondary N) is 2. The number of benzene rings is 2. The van der Waals surface area contributed by atoms with Crippen LogP contribution in [0, 0.1) is 6.92 Å². The summed E-state index contributed by atoms with van der Waals surface area (Å²) in [5.74, 6) is 1.70. The van der Waals surface area contributed by atoms with Gasteiger partial charge in [0.25, 0.3) is 0 Å². The average molecular weight is 344 g/mol. The molecule has 0 fully saturated rings. The van der Waals surface area contributed by atoms with Gasteiger partial charge in [-0.3, -0.25) is 4.79 Å². The Morgan fingerprint density at radius 3 is 2.16 bits per heavy atom. The molecule has 2 aromatic rings. The van der Waals surface area contributed by atoms with E-state index in [0.29, 0.717) is 22.9 Å². The van der Waals surface area contributed by atoms with E-state index in [1.807, 2.05) is 31.2 Å². The third-order valence-electron chi connectivity index (χ3n) is 3.86. The van der Waals surface area contributed by atoms with Gasteiger partial charge >= 0.3 is 0 Å². The number of rotatable bonds is 7. The van der Waals surface area contributed by atoms with Crippen molar-refractivity contribution in [1.29, 1.82) is 0 Å². The summed E-state index contributed by atoms with van der Waals surface area (Å²) >= 11 is 0. The van der Waals surface area contributed by atoms with Gasteiger partial charge in [-0.15, -0.1) is 0 Å². The first-order valence-electron chi connectivity index (χ1n) is 7.93. The first kappa shape index (κ1) is 18.4. The number of anilines is 2. The second-order valence-electron chi connectivity index (χ2n) is 5.58. The van der Waals surface area contributed by atoms with Crippen LogP contribution in [0.4, 0.5) is 11.4 Å². The van der Waals surface area contributed by atoms with Crippen LogP contribution < -0.4 is 24.8 Å². The minimum atomic E-state index is -0.457. The zero-order valence-electron chi connectivity index (χ0n) is 15.2. The smallest absolute Gasteiger partial charge is 0.246 e. The number of carbonyl (C=O) groups excluding carboxylic acids is 1. The topological polar surface area (TPSA) is 68.8 Å². The minimum absolute atomic E-state index is 0.168. The average Bonchev–Trinajstić information content (AvgIpc) is 2.63. The van der Waals surface area contributed by atoms with E-state index in [2.05, 4.69) is 10.6 Å². The second-order valence-corrected chi connectivity index (χ2v) is 5.58. The second kappa shape index (κ2) is 8.28. The molecule has 0 heterocycles. The highest BCUT2D eigenvalue weighted by Crippen LogP contribution is 2.33. The van der Waals surface area contributed by atoms with E-state index >= 15 is 0 Å². The van der Waals surface area contributed by atoms with Gasteiger partial charge in [-0.1, -0.05) is 12.1 Å². The van der Waals surface area contributed by atoms with Crippen molar-refractivity contribution in [2.45, 2.75) is 19.9 Å². The van der Waals surface area contributed by atoms with Crippen molar-refractivity contribution in [3.63, 3.8) is 0 Å². The van der Waals surface area contributed by atoms with Crippen LogP contribution in [0.2, 0.25) is 0 Å². The molecular formula is C19H24N2O4. The van der Waals surface area contributed by atoms with Crippen LogP contribution in [0.1, 0.15) is 12.5 Å². The lowest BCUT2D eigenvalue weighted by molar-refractivity contribution is -0.116. The SMILES string of the molecule is COc1ccccc1NC(=O)[C@@H](C)Nc1cc(OC)c(OC)cc1C. The largest absolute Gasteiger partial charge is 0.495 e. The number of hydrogen-bond acceptors (Lipinski definition) is 5. The molecule has 0 aliphatic rings. The summed E-state index contributed by atoms with van der Waals surface area (Å²) in [5.41, 5.74) is 2.39. The van der Waals surface area contributed by atoms with Gasteiger partial charge in [-0.2, -0.15) is 0 Å². The molecular weight excluding hydrogens is 320 g/mol. The third kappa shape index (κ3) is 4.35. The normalized spacial score (nSPS) is 11.4. The number of para-hydroxylation sites is 2. The van der Waals surface area contributed by atoms with Crippen molar-refractivity contribution in [1.82, 2.24) is 0 Å². The van der Waals surface area contributed by atoms with Crippen LogP contribution in [-0.2, 0) is 4.79 Å². The monoisotopic (exact) mass is 344 g/mol. The molecule has 0 saturated carbocycles. The standard InChI is InChI=1S/C19H24N2O4/c1-12-10-17(24-4)18(25-5)11-15(12)20-13(2)19(22)21-14-8-6-7-9-16(14)23-3/h6-11,13,20H,1-5H3,(H,21,22)/t13-/m1/s1. The fraction of sp³-hybridized carbons (Fsp3) is 0.316. The molecule has 1 amide bonds. The Balaban J connectivity index is 2.13. The number of carbonyl (C=O) groups is 1. The van der Waals surface area contributed by atoms with Gasteiger partial charge in [0.1, 0.15) is 11.8 Å². The number of hydrogen-bond donors (Lipinski definition) is 2. The Hall–Kier alpha value is -2.89. The molecule has 0 unspecified atom stereocenters. The number of amides is 1. The van der Waals surface area contributed by atoms with Crippen molar-refractivity contribution in [2.24, 2.45) is 0 Å². The number of aryl methyl sites for hydroxylation is 1. The Morgan fingerprint density at radius 2 is 1.52 bits per heavy atom. The molecule has 25 heavy (non-hydrogen) atoms. The molecule has 2 aromatic carbocycles. The third-order valence-corrected chi connectivity index (χ3v) is 3.86. The van der Waals surface area contributed by atoms with Crippen molar-refractivity contribution in [3.8, 4) is 17.2 Å². The van der Waals surface area contributed by atoms with Crippen molar-refractivity contribution in [2.75, 3.05) is 32.0 Å². The molecule has 0 bridgehead atoms. The van der Waals surface area contributed by atoms with Crippen LogP contribution >= 0.6 is 0 Å². The maximum Gasteiger partial charge on any atom is 0.246 e. The van der Waals surface area contributed by atoms with Gasteiger partial charge in [0, 0.05) is 11.8 Å². The van der Waals surface area contributed by atoms with Crippen LogP contribution in [0.5, 0.6) is 17.2 Å². The van der Waals surface area contributed by atoms with E-state index in [-0.39, 0.29) is 5.91 Å². The van der Waals surface area contributed by atoms with E-state index in [1.165, 1.54) is 0 Å². The molecule has 0 saturated heterocycles. The van der Waals surface area contributed by atoms with Crippen molar-refractivity contribution < 1.29 is 19.0 Å². The molecule has 6 nitrogen and oxygen atoms in total. The zero-order valence-corrected chi connectivity index (χ0v) is 15.2. The van der Waals surface area contributed by atoms with Crippen molar-refractivity contribution >= 4 is 17.3 Å². The highest BCUT2D eigenvalue weighted by Gasteiger charge is 2.17. The van der Waals surface area contributed by atoms with Gasteiger partial charge in [-0.25, -0.2) is 0 Å². The molecule has 0 spiro atoms. The number of ether oxygens (including phenoxy) is 3. The summed E-state index contributed by atoms with van der Waals surface area (Å²) in [6, 6.07) is 10.5. The van der Waals surface area contributed by atoms with E-state index in [1.54, 1.807) is 40.4 Å². The van der Waals surface area contributed by atoms with Gasteiger partial charge in [0.15, 0.2) is 11.5 Å². The lowest BCUT2D eigenvalue weighted by Crippen LogP contribution is -2.32. The molecule has 0 radical (unpaired) electrons. The molecule has 1 atom stereocenters. The number of methoxy groups -OCH3 is 3. The first-order valence-corrected chi connectivity index (χ1v) is 7.93. The maximum atomic E-state index is 12.5. The van der Waals surface area contributed by atoms with Crippen LogP contribution in [0.25, 0.3) is 0 Å². The summed E-state index contributed by atoms with van der Waals surface area (Å²) in [6.45, 7) is 3.73. The van der Waals surface area contributed by atoms with Crippen LogP contribution in [0.3, 0.4) is 0 Å². The lowest BCUT2D eigenvalue weighted by atomic mass is 10.1. The summed E-state index contributed by atoms with van der Waals surface area (Å²) < 4.78 is 15.9. The molecule has 2 N–H and O–H groups in total. The van der Waals surface area contributed by atoms with E-state index < -0.39 is 6.04 Å². The summed E-state index contributed by atoms with van der Waals surface area (Å²) in [4.78, 5) is 12.5. The quantitative estimate of drug-likeness (QED) is 0.805. The predicted molar refractivity (Wildman–Crippen MR) is 99.0 cm³/mol. The zero-order chi connectivity index (χ0) is 18.4. The van der Waals surface area contributed by atoms with Crippen molar-refractivity contribution in [3.05, 3.63) is 42.0 Å². The predicted octanol–water partition coefficient (Wildman–Crippen LogP) is 3.46. The summed E-state index contributed by atoms with van der Waals surface area (Å²) in [5, 5.41) is 6.07. The van der Waals surface area contributed by atoms with Gasteiger partial charge in [-0.05, 0) is 37.6 Å². The van der Waals surface area contributed by atoms with Gasteiger partial charge in [0.05, 0.1) is 27.0 Å². The van der Waals surface area contributed by atoms with E-state index in [0.717, 1.165) is 11.3 Å². The molecule has 0 aliphatic heterocycles. The Kier molecular flexibility index (Phi) is 6.11. The highest BCUT2D eigenvalue weighted by atomic mass is 16.5. The van der Waals surface area contributed by atoms with Gasteiger partial charge in [0.2, 0.25) is 5.91 Å². The fourth-order valence-corrected chi connectivity index (χ4v) is 2.42. The molecule has 0 aliphatic carbocycles. The Morgan fingerprint density at radius 1 is 0.920 bits per heavy atom. The maximum absolute atomic E-state index is 12.5. The molecule has 6 heteroatoms. The lowest BCUT2D eigenvalue weighted by Gasteiger charge is -2.19.